The van der Waals surface area contributed by atoms with E-state index >= 15 is 0 Å². The van der Waals surface area contributed by atoms with Crippen molar-refractivity contribution < 1.29 is 9.59 Å². The largest absolute Gasteiger partial charge is 0.351 e. The van der Waals surface area contributed by atoms with E-state index in [0.717, 1.165) is 32.8 Å². The zero-order valence-electron chi connectivity index (χ0n) is 12.7. The van der Waals surface area contributed by atoms with Gasteiger partial charge < -0.3 is 10.2 Å². The normalized spacial score (nSPS) is 14.5. The number of hydrogen-bond acceptors (Lipinski definition) is 6. The molecule has 23 heavy (non-hydrogen) atoms. The molecule has 1 aliphatic heterocycles. The van der Waals surface area contributed by atoms with Gasteiger partial charge in [-0.15, -0.1) is 22.7 Å². The second-order valence-corrected chi connectivity index (χ2v) is 8.42. The fraction of sp³-hybridized carbons (Fsp3) is 0.400. The van der Waals surface area contributed by atoms with E-state index in [-0.39, 0.29) is 11.1 Å². The lowest BCUT2D eigenvalue weighted by atomic mass is 10.3. The minimum Gasteiger partial charge on any atom is -0.351 e. The van der Waals surface area contributed by atoms with E-state index in [4.69, 9.17) is 0 Å². The second-order valence-electron chi connectivity index (χ2n) is 5.15. The van der Waals surface area contributed by atoms with Gasteiger partial charge in [-0.3, -0.25) is 9.59 Å². The average molecular weight is 368 g/mol. The molecule has 2 amide bonds. The number of hydrogen-bond donors (Lipinski definition) is 1. The number of carbonyl (C=O) groups excluding carboxylic acids is 2. The highest BCUT2D eigenvalue weighted by atomic mass is 32.2. The van der Waals surface area contributed by atoms with Crippen LogP contribution in [0.1, 0.15) is 16.3 Å². The molecule has 8 heteroatoms. The molecule has 0 aliphatic carbocycles. The molecule has 0 spiro atoms. The molecule has 5 nitrogen and oxygen atoms in total. The van der Waals surface area contributed by atoms with Gasteiger partial charge in [0.2, 0.25) is 5.91 Å². The minimum atomic E-state index is -0.0193. The Hall–Kier alpha value is -1.38. The molecule has 0 saturated carbocycles. The summed E-state index contributed by atoms with van der Waals surface area (Å²) in [5.41, 5.74) is 1.00. The standard InChI is InChI=1S/C15H17N3O2S3/c1-10-17-12(9-22-10)13-3-2-11(23-13)8-16-14(19)4-5-18-6-7-21-15(18)20/h2-3,9H,4-8H2,1H3,(H,16,19). The molecule has 1 N–H and O–H groups in total. The lowest BCUT2D eigenvalue weighted by Gasteiger charge is -2.13. The fourth-order valence-corrected chi connectivity index (χ4v) is 4.67. The first-order valence-electron chi connectivity index (χ1n) is 7.31. The maximum absolute atomic E-state index is 11.9. The summed E-state index contributed by atoms with van der Waals surface area (Å²) >= 11 is 4.61. The summed E-state index contributed by atoms with van der Waals surface area (Å²) in [6, 6.07) is 4.07. The van der Waals surface area contributed by atoms with Crippen LogP contribution in [0.5, 0.6) is 0 Å². The van der Waals surface area contributed by atoms with Gasteiger partial charge in [-0.1, -0.05) is 11.8 Å². The van der Waals surface area contributed by atoms with E-state index in [1.807, 2.05) is 19.1 Å². The van der Waals surface area contributed by atoms with Crippen molar-refractivity contribution in [1.82, 2.24) is 15.2 Å². The van der Waals surface area contributed by atoms with Gasteiger partial charge in [0.1, 0.15) is 0 Å². The molecule has 0 bridgehead atoms. The highest BCUT2D eigenvalue weighted by Crippen LogP contribution is 2.28. The van der Waals surface area contributed by atoms with Crippen molar-refractivity contribution >= 4 is 45.6 Å². The number of carbonyl (C=O) groups is 2. The van der Waals surface area contributed by atoms with Crippen molar-refractivity contribution in [2.75, 3.05) is 18.8 Å². The number of nitrogens with zero attached hydrogens (tertiary/aromatic N) is 2. The van der Waals surface area contributed by atoms with Crippen LogP contribution < -0.4 is 5.32 Å². The third kappa shape index (κ3) is 4.33. The van der Waals surface area contributed by atoms with Crippen LogP contribution in [0.25, 0.3) is 10.6 Å². The average Bonchev–Trinajstić information content (AvgIpc) is 3.24. The molecule has 1 aliphatic rings. The summed E-state index contributed by atoms with van der Waals surface area (Å²) in [4.78, 5) is 31.8. The summed E-state index contributed by atoms with van der Waals surface area (Å²) < 4.78 is 0. The van der Waals surface area contributed by atoms with Crippen LogP contribution in [0.3, 0.4) is 0 Å². The smallest absolute Gasteiger partial charge is 0.281 e. The van der Waals surface area contributed by atoms with Crippen molar-refractivity contribution in [2.45, 2.75) is 19.9 Å². The number of rotatable bonds is 6. The molecule has 0 atom stereocenters. The van der Waals surface area contributed by atoms with E-state index < -0.39 is 0 Å². The summed E-state index contributed by atoms with van der Waals surface area (Å²) in [5.74, 6) is 0.809. The lowest BCUT2D eigenvalue weighted by Crippen LogP contribution is -2.30. The molecule has 0 aromatic carbocycles. The van der Waals surface area contributed by atoms with Gasteiger partial charge in [0, 0.05) is 35.5 Å². The third-order valence-corrected chi connectivity index (χ3v) is 6.22. The van der Waals surface area contributed by atoms with Crippen LogP contribution in [0.15, 0.2) is 17.5 Å². The molecule has 2 aromatic heterocycles. The summed E-state index contributed by atoms with van der Waals surface area (Å²) in [7, 11) is 0. The Morgan fingerprint density at radius 2 is 2.30 bits per heavy atom. The number of aryl methyl sites for hydroxylation is 1. The van der Waals surface area contributed by atoms with Gasteiger partial charge in [0.05, 0.1) is 22.1 Å². The first-order valence-corrected chi connectivity index (χ1v) is 9.99. The SMILES string of the molecule is Cc1nc(-c2ccc(CNC(=O)CCN3CCSC3=O)s2)cs1. The van der Waals surface area contributed by atoms with Gasteiger partial charge in [-0.25, -0.2) is 4.98 Å². The maximum atomic E-state index is 11.9. The molecular weight excluding hydrogens is 350 g/mol. The molecule has 0 unspecified atom stereocenters. The van der Waals surface area contributed by atoms with Crippen LogP contribution in [0.2, 0.25) is 0 Å². The van der Waals surface area contributed by atoms with Gasteiger partial charge in [0.15, 0.2) is 0 Å². The van der Waals surface area contributed by atoms with Crippen molar-refractivity contribution in [2.24, 2.45) is 0 Å². The van der Waals surface area contributed by atoms with Crippen molar-refractivity contribution in [3.63, 3.8) is 0 Å². The summed E-state index contributed by atoms with van der Waals surface area (Å²) in [5, 5.41) is 6.10. The third-order valence-electron chi connectivity index (χ3n) is 3.45. The first-order chi connectivity index (χ1) is 11.1. The van der Waals surface area contributed by atoms with Crippen LogP contribution in [0.4, 0.5) is 4.79 Å². The van der Waals surface area contributed by atoms with E-state index in [1.54, 1.807) is 27.6 Å². The Kier molecular flexibility index (Phi) is 5.34. The van der Waals surface area contributed by atoms with E-state index in [1.165, 1.54) is 11.8 Å². The highest BCUT2D eigenvalue weighted by Gasteiger charge is 2.21. The summed E-state index contributed by atoms with van der Waals surface area (Å²) in [6.07, 6.45) is 0.357. The minimum absolute atomic E-state index is 0.0193. The van der Waals surface area contributed by atoms with Crippen molar-refractivity contribution in [3.05, 3.63) is 27.4 Å². The molecule has 3 heterocycles. The quantitative estimate of drug-likeness (QED) is 0.850. The second kappa shape index (κ2) is 7.46. The Labute approximate surface area is 147 Å². The topological polar surface area (TPSA) is 62.3 Å². The predicted octanol–water partition coefficient (Wildman–Crippen LogP) is 3.36. The Morgan fingerprint density at radius 3 is 3.00 bits per heavy atom. The van der Waals surface area contributed by atoms with E-state index in [9.17, 15) is 9.59 Å². The Morgan fingerprint density at radius 1 is 1.43 bits per heavy atom. The predicted molar refractivity (Wildman–Crippen MR) is 96.1 cm³/mol. The number of thiazole rings is 1. The fourth-order valence-electron chi connectivity index (χ4n) is 2.23. The van der Waals surface area contributed by atoms with Gasteiger partial charge >= 0.3 is 0 Å². The maximum Gasteiger partial charge on any atom is 0.281 e. The van der Waals surface area contributed by atoms with Crippen molar-refractivity contribution in [3.8, 4) is 10.6 Å². The number of amides is 2. The first kappa shape index (κ1) is 16.5. The molecule has 2 aromatic rings. The molecule has 1 fully saturated rings. The van der Waals surface area contributed by atoms with Crippen molar-refractivity contribution in [1.29, 1.82) is 0 Å². The number of nitrogens with one attached hydrogen (secondary N) is 1. The molecular formula is C15H17N3O2S3. The highest BCUT2D eigenvalue weighted by molar-refractivity contribution is 8.13. The van der Waals surface area contributed by atoms with Gasteiger partial charge in [-0.05, 0) is 19.1 Å². The molecule has 0 radical (unpaired) electrons. The van der Waals surface area contributed by atoms with E-state index in [2.05, 4.69) is 15.7 Å². The number of thioether (sulfide) groups is 1. The Balaban J connectivity index is 1.46. The zero-order valence-corrected chi connectivity index (χ0v) is 15.2. The number of thiophene rings is 1. The van der Waals surface area contributed by atoms with Gasteiger partial charge in [-0.2, -0.15) is 0 Å². The zero-order chi connectivity index (χ0) is 16.2. The number of aromatic nitrogens is 1. The van der Waals surface area contributed by atoms with E-state index in [0.29, 0.717) is 19.5 Å². The summed E-state index contributed by atoms with van der Waals surface area (Å²) in [6.45, 7) is 3.77. The molecule has 1 saturated heterocycles. The molecule has 3 rings (SSSR count). The van der Waals surface area contributed by atoms with Crippen LogP contribution in [-0.4, -0.2) is 39.9 Å². The van der Waals surface area contributed by atoms with Crippen LogP contribution in [0, 0.1) is 6.92 Å². The van der Waals surface area contributed by atoms with Crippen LogP contribution >= 0.6 is 34.4 Å². The van der Waals surface area contributed by atoms with Crippen LogP contribution in [-0.2, 0) is 11.3 Å². The van der Waals surface area contributed by atoms with Gasteiger partial charge in [0.25, 0.3) is 5.24 Å². The Bertz CT molecular complexity index is 710. The lowest BCUT2D eigenvalue weighted by molar-refractivity contribution is -0.121. The molecule has 122 valence electrons. The monoisotopic (exact) mass is 367 g/mol.